The number of hydrogen-bond acceptors (Lipinski definition) is 5. The van der Waals surface area contributed by atoms with E-state index in [1.54, 1.807) is 18.2 Å². The van der Waals surface area contributed by atoms with Gasteiger partial charge < -0.3 is 4.42 Å². The third-order valence-corrected chi connectivity index (χ3v) is 7.84. The van der Waals surface area contributed by atoms with Gasteiger partial charge in [-0.2, -0.15) is 0 Å². The molecule has 3 rings (SSSR count). The molecule has 0 unspecified atom stereocenters. The maximum atomic E-state index is 13.0. The van der Waals surface area contributed by atoms with Crippen LogP contribution in [0, 0.1) is 0 Å². The molecule has 3 aromatic rings. The molecule has 0 aliphatic rings. The molecule has 1 heterocycles. The molecule has 0 bridgehead atoms. The van der Waals surface area contributed by atoms with Gasteiger partial charge in [0, 0.05) is 6.08 Å². The van der Waals surface area contributed by atoms with Crippen LogP contribution >= 0.6 is 0 Å². The summed E-state index contributed by atoms with van der Waals surface area (Å²) in [5, 5.41) is 0. The lowest BCUT2D eigenvalue weighted by molar-refractivity contribution is 0.556. The summed E-state index contributed by atoms with van der Waals surface area (Å²) in [6.45, 7) is 0. The molecule has 0 atom stereocenters. The Balaban J connectivity index is 2.26. The molecule has 0 amide bonds. The molecule has 2 aromatic carbocycles. The monoisotopic (exact) mass is 374 g/mol. The Hall–Kier alpha value is -2.64. The molecule has 0 aliphatic carbocycles. The second kappa shape index (κ2) is 6.70. The van der Waals surface area contributed by atoms with Crippen molar-refractivity contribution in [1.82, 2.24) is 0 Å². The third-order valence-electron chi connectivity index (χ3n) is 3.44. The number of rotatable bonds is 5. The highest BCUT2D eigenvalue weighted by Crippen LogP contribution is 2.30. The van der Waals surface area contributed by atoms with Crippen molar-refractivity contribution in [2.45, 2.75) is 9.79 Å². The first-order chi connectivity index (χ1) is 11.9. The third kappa shape index (κ3) is 3.42. The molecule has 0 saturated heterocycles. The van der Waals surface area contributed by atoms with Crippen molar-refractivity contribution in [2.75, 3.05) is 0 Å². The van der Waals surface area contributed by atoms with Gasteiger partial charge in [-0.3, -0.25) is 0 Å². The van der Waals surface area contributed by atoms with E-state index in [-0.39, 0.29) is 15.6 Å². The quantitative estimate of drug-likeness (QED) is 0.682. The maximum Gasteiger partial charge on any atom is 0.218 e. The average molecular weight is 374 g/mol. The number of hydrogen-bond donors (Lipinski definition) is 0. The summed E-state index contributed by atoms with van der Waals surface area (Å²) in [7, 11) is -8.54. The first kappa shape index (κ1) is 17.2. The van der Waals surface area contributed by atoms with Crippen LogP contribution in [0.3, 0.4) is 0 Å². The number of benzene rings is 2. The largest absolute Gasteiger partial charge is 0.465 e. The number of furan rings is 1. The zero-order chi connectivity index (χ0) is 17.9. The van der Waals surface area contributed by atoms with Crippen LogP contribution in [0.1, 0.15) is 5.76 Å². The second-order valence-corrected chi connectivity index (χ2v) is 9.21. The SMILES string of the molecule is O=S(=O)(C(=Cc1ccco1)S(=O)(=O)c1ccccc1)c1ccccc1. The Bertz CT molecular complexity index is 1010. The average Bonchev–Trinajstić information content (AvgIpc) is 3.14. The minimum atomic E-state index is -4.27. The maximum absolute atomic E-state index is 13.0. The standard InChI is InChI=1S/C18H14O5S2/c19-24(20,16-9-3-1-4-10-16)18(14-15-8-7-13-23-15)25(21,22)17-11-5-2-6-12-17/h1-14H. The highest BCUT2D eigenvalue weighted by molar-refractivity contribution is 8.14. The lowest BCUT2D eigenvalue weighted by Crippen LogP contribution is -2.15. The molecule has 0 radical (unpaired) electrons. The lowest BCUT2D eigenvalue weighted by Gasteiger charge is -2.10. The fourth-order valence-electron chi connectivity index (χ4n) is 2.22. The van der Waals surface area contributed by atoms with Crippen LogP contribution in [0.4, 0.5) is 0 Å². The first-order valence-corrected chi connectivity index (χ1v) is 10.2. The molecule has 1 aromatic heterocycles. The van der Waals surface area contributed by atoms with Gasteiger partial charge in [0.1, 0.15) is 5.76 Å². The van der Waals surface area contributed by atoms with E-state index >= 15 is 0 Å². The highest BCUT2D eigenvalue weighted by Gasteiger charge is 2.33. The fourth-order valence-corrected chi connectivity index (χ4v) is 5.99. The van der Waals surface area contributed by atoms with Gasteiger partial charge in [-0.1, -0.05) is 36.4 Å². The molecule has 5 nitrogen and oxygen atoms in total. The molecule has 0 saturated carbocycles. The van der Waals surface area contributed by atoms with E-state index in [0.29, 0.717) is 0 Å². The van der Waals surface area contributed by atoms with E-state index in [4.69, 9.17) is 4.42 Å². The van der Waals surface area contributed by atoms with Gasteiger partial charge in [-0.25, -0.2) is 16.8 Å². The van der Waals surface area contributed by atoms with Crippen molar-refractivity contribution in [3.63, 3.8) is 0 Å². The summed E-state index contributed by atoms with van der Waals surface area (Å²) >= 11 is 0. The predicted octanol–water partition coefficient (Wildman–Crippen LogP) is 3.53. The topological polar surface area (TPSA) is 81.4 Å². The lowest BCUT2D eigenvalue weighted by atomic mass is 10.4. The Labute approximate surface area is 146 Å². The van der Waals surface area contributed by atoms with Crippen molar-refractivity contribution in [3.05, 3.63) is 89.1 Å². The molecule has 7 heteroatoms. The van der Waals surface area contributed by atoms with Gasteiger partial charge in [0.15, 0.2) is 4.24 Å². The summed E-state index contributed by atoms with van der Waals surface area (Å²) in [6, 6.07) is 17.9. The van der Waals surface area contributed by atoms with Gasteiger partial charge in [0.2, 0.25) is 19.7 Å². The molecule has 128 valence electrons. The van der Waals surface area contributed by atoms with E-state index in [2.05, 4.69) is 0 Å². The van der Waals surface area contributed by atoms with Gasteiger partial charge >= 0.3 is 0 Å². The number of sulfone groups is 2. The van der Waals surface area contributed by atoms with Crippen LogP contribution in [0.25, 0.3) is 6.08 Å². The van der Waals surface area contributed by atoms with E-state index < -0.39 is 23.9 Å². The van der Waals surface area contributed by atoms with Gasteiger partial charge in [0.25, 0.3) is 0 Å². The van der Waals surface area contributed by atoms with Crippen molar-refractivity contribution >= 4 is 25.8 Å². The highest BCUT2D eigenvalue weighted by atomic mass is 32.3. The molecular weight excluding hydrogens is 360 g/mol. The Morgan fingerprint density at radius 1 is 0.680 bits per heavy atom. The van der Waals surface area contributed by atoms with Crippen LogP contribution in [0.15, 0.2) is 97.5 Å². The minimum Gasteiger partial charge on any atom is -0.465 e. The summed E-state index contributed by atoms with van der Waals surface area (Å²) in [4.78, 5) is -0.209. The van der Waals surface area contributed by atoms with Crippen molar-refractivity contribution in [2.24, 2.45) is 0 Å². The molecule has 0 spiro atoms. The molecule has 0 aliphatic heterocycles. The summed E-state index contributed by atoms with van der Waals surface area (Å²) in [6.07, 6.45) is 2.37. The first-order valence-electron chi connectivity index (χ1n) is 7.28. The molecule has 25 heavy (non-hydrogen) atoms. The van der Waals surface area contributed by atoms with Crippen molar-refractivity contribution < 1.29 is 21.3 Å². The van der Waals surface area contributed by atoms with Crippen LogP contribution in [-0.2, 0) is 19.7 Å². The normalized spacial score (nSPS) is 11.8. The molecular formula is C18H14O5S2. The van der Waals surface area contributed by atoms with Crippen LogP contribution in [0.5, 0.6) is 0 Å². The van der Waals surface area contributed by atoms with Gasteiger partial charge in [0.05, 0.1) is 16.1 Å². The molecule has 0 fully saturated rings. The van der Waals surface area contributed by atoms with E-state index in [1.807, 2.05) is 0 Å². The zero-order valence-corrected chi connectivity index (χ0v) is 14.6. The zero-order valence-electron chi connectivity index (χ0n) is 12.9. The van der Waals surface area contributed by atoms with Crippen LogP contribution < -0.4 is 0 Å². The summed E-state index contributed by atoms with van der Waals surface area (Å²) < 4.78 is 56.3. The van der Waals surface area contributed by atoms with Gasteiger partial charge in [-0.05, 0) is 36.4 Å². The van der Waals surface area contributed by atoms with Crippen molar-refractivity contribution in [1.29, 1.82) is 0 Å². The Morgan fingerprint density at radius 3 is 1.56 bits per heavy atom. The van der Waals surface area contributed by atoms with Crippen LogP contribution in [-0.4, -0.2) is 16.8 Å². The summed E-state index contributed by atoms with van der Waals surface area (Å²) in [5.74, 6) is 0.133. The van der Waals surface area contributed by atoms with E-state index in [9.17, 15) is 16.8 Å². The van der Waals surface area contributed by atoms with Crippen LogP contribution in [0.2, 0.25) is 0 Å². The minimum absolute atomic E-state index is 0.104. The van der Waals surface area contributed by atoms with E-state index in [1.165, 1.54) is 60.9 Å². The predicted molar refractivity (Wildman–Crippen MR) is 93.9 cm³/mol. The van der Waals surface area contributed by atoms with Gasteiger partial charge in [-0.15, -0.1) is 0 Å². The van der Waals surface area contributed by atoms with E-state index in [0.717, 1.165) is 6.08 Å². The Morgan fingerprint density at radius 2 is 1.16 bits per heavy atom. The molecule has 0 N–H and O–H groups in total. The second-order valence-electron chi connectivity index (χ2n) is 5.11. The summed E-state index contributed by atoms with van der Waals surface area (Å²) in [5.41, 5.74) is 0. The smallest absolute Gasteiger partial charge is 0.218 e. The Kier molecular flexibility index (Phi) is 4.61. The van der Waals surface area contributed by atoms with Crippen molar-refractivity contribution in [3.8, 4) is 0 Å². The fraction of sp³-hybridized carbons (Fsp3) is 0.